The summed E-state index contributed by atoms with van der Waals surface area (Å²) in [7, 11) is 0. The molecule has 2 saturated heterocycles. The van der Waals surface area contributed by atoms with Crippen LogP contribution in [0, 0.1) is 12.8 Å². The summed E-state index contributed by atoms with van der Waals surface area (Å²) in [5.41, 5.74) is 2.76. The minimum Gasteiger partial charge on any atom is -0.342 e. The van der Waals surface area contributed by atoms with Crippen LogP contribution in [0.3, 0.4) is 0 Å². The lowest BCUT2D eigenvalue weighted by Crippen LogP contribution is -2.42. The van der Waals surface area contributed by atoms with Crippen molar-refractivity contribution in [2.45, 2.75) is 39.8 Å². The predicted molar refractivity (Wildman–Crippen MR) is 97.9 cm³/mol. The van der Waals surface area contributed by atoms with Crippen LogP contribution >= 0.6 is 0 Å². The summed E-state index contributed by atoms with van der Waals surface area (Å²) in [6.45, 7) is 13.6. The average molecular weight is 329 g/mol. The van der Waals surface area contributed by atoms with Crippen molar-refractivity contribution in [3.63, 3.8) is 0 Å². The highest BCUT2D eigenvalue weighted by atomic mass is 16.2. The molecule has 0 unspecified atom stereocenters. The molecule has 24 heavy (non-hydrogen) atoms. The molecule has 2 fully saturated rings. The molecule has 2 aliphatic heterocycles. The Kier molecular flexibility index (Phi) is 5.57. The molecular weight excluding hydrogens is 298 g/mol. The Labute approximate surface area is 146 Å². The number of benzene rings is 1. The van der Waals surface area contributed by atoms with Crippen molar-refractivity contribution >= 4 is 5.91 Å². The number of likely N-dealkylation sites (tertiary alicyclic amines) is 1. The van der Waals surface area contributed by atoms with E-state index in [9.17, 15) is 4.79 Å². The lowest BCUT2D eigenvalue weighted by atomic mass is 10.0. The van der Waals surface area contributed by atoms with Gasteiger partial charge in [0.2, 0.25) is 5.91 Å². The zero-order valence-electron chi connectivity index (χ0n) is 15.4. The van der Waals surface area contributed by atoms with E-state index in [1.54, 1.807) is 6.92 Å². The normalized spacial score (nSPS) is 26.5. The molecule has 1 amide bonds. The van der Waals surface area contributed by atoms with Gasteiger partial charge in [-0.05, 0) is 24.8 Å². The Bertz CT molecular complexity index is 574. The van der Waals surface area contributed by atoms with E-state index in [0.29, 0.717) is 12.0 Å². The van der Waals surface area contributed by atoms with Crippen LogP contribution in [0.5, 0.6) is 0 Å². The molecule has 4 nitrogen and oxygen atoms in total. The fourth-order valence-corrected chi connectivity index (χ4v) is 4.31. The van der Waals surface area contributed by atoms with Crippen LogP contribution in [0.15, 0.2) is 24.3 Å². The van der Waals surface area contributed by atoms with Crippen LogP contribution in [-0.4, -0.2) is 65.9 Å². The molecule has 0 bridgehead atoms. The number of hydrogen-bond donors (Lipinski definition) is 0. The summed E-state index contributed by atoms with van der Waals surface area (Å²) in [4.78, 5) is 18.9. The molecule has 4 heteroatoms. The standard InChI is InChI=1S/C20H31N3O/c1-16-6-4-7-19(12-16)14-21-13-17(2)20(15-21)23-9-5-8-22(10-11-23)18(3)24/h4,6-7,12,17,20H,5,8-11,13-15H2,1-3H3/t17-,20+/m0/s1. The molecule has 2 heterocycles. The van der Waals surface area contributed by atoms with Gasteiger partial charge in [-0.1, -0.05) is 36.8 Å². The predicted octanol–water partition coefficient (Wildman–Crippen LogP) is 2.37. The van der Waals surface area contributed by atoms with Crippen molar-refractivity contribution in [2.24, 2.45) is 5.92 Å². The second-order valence-corrected chi connectivity index (χ2v) is 7.62. The number of aryl methyl sites for hydroxylation is 1. The molecule has 3 rings (SSSR count). The summed E-state index contributed by atoms with van der Waals surface area (Å²) in [5, 5.41) is 0. The molecule has 1 aromatic carbocycles. The van der Waals surface area contributed by atoms with Gasteiger partial charge >= 0.3 is 0 Å². The number of hydrogen-bond acceptors (Lipinski definition) is 3. The summed E-state index contributed by atoms with van der Waals surface area (Å²) in [6.07, 6.45) is 1.10. The van der Waals surface area contributed by atoms with Crippen molar-refractivity contribution in [3.8, 4) is 0 Å². The van der Waals surface area contributed by atoms with Crippen molar-refractivity contribution in [3.05, 3.63) is 35.4 Å². The Morgan fingerprint density at radius 2 is 2.00 bits per heavy atom. The van der Waals surface area contributed by atoms with E-state index in [2.05, 4.69) is 47.9 Å². The van der Waals surface area contributed by atoms with E-state index in [0.717, 1.165) is 45.7 Å². The van der Waals surface area contributed by atoms with Gasteiger partial charge in [0.1, 0.15) is 0 Å². The molecular formula is C20H31N3O. The highest BCUT2D eigenvalue weighted by molar-refractivity contribution is 5.73. The third-order valence-corrected chi connectivity index (χ3v) is 5.58. The maximum Gasteiger partial charge on any atom is 0.219 e. The lowest BCUT2D eigenvalue weighted by molar-refractivity contribution is -0.128. The molecule has 2 aliphatic rings. The summed E-state index contributed by atoms with van der Waals surface area (Å²) in [6, 6.07) is 9.49. The molecule has 0 N–H and O–H groups in total. The maximum atomic E-state index is 11.6. The van der Waals surface area contributed by atoms with Gasteiger partial charge in [0.15, 0.2) is 0 Å². The molecule has 2 atom stereocenters. The van der Waals surface area contributed by atoms with Gasteiger partial charge in [-0.2, -0.15) is 0 Å². The smallest absolute Gasteiger partial charge is 0.219 e. The fourth-order valence-electron chi connectivity index (χ4n) is 4.31. The number of amides is 1. The Balaban J connectivity index is 1.58. The Morgan fingerprint density at radius 1 is 1.17 bits per heavy atom. The SMILES string of the molecule is CC(=O)N1CCCN([C@@H]2CN(Cc3cccc(C)c3)C[C@@H]2C)CC1. The average Bonchev–Trinajstić information content (AvgIpc) is 2.74. The quantitative estimate of drug-likeness (QED) is 0.852. The third kappa shape index (κ3) is 4.17. The van der Waals surface area contributed by atoms with Gasteiger partial charge in [-0.15, -0.1) is 0 Å². The highest BCUT2D eigenvalue weighted by Crippen LogP contribution is 2.24. The zero-order valence-corrected chi connectivity index (χ0v) is 15.4. The van der Waals surface area contributed by atoms with Gasteiger partial charge in [0.25, 0.3) is 0 Å². The van der Waals surface area contributed by atoms with Crippen LogP contribution in [0.2, 0.25) is 0 Å². The second kappa shape index (κ2) is 7.66. The van der Waals surface area contributed by atoms with Crippen LogP contribution in [0.4, 0.5) is 0 Å². The molecule has 0 saturated carbocycles. The lowest BCUT2D eigenvalue weighted by Gasteiger charge is -2.30. The van der Waals surface area contributed by atoms with Gasteiger partial charge in [-0.3, -0.25) is 14.6 Å². The first-order chi connectivity index (χ1) is 11.5. The van der Waals surface area contributed by atoms with Gasteiger partial charge < -0.3 is 4.90 Å². The van der Waals surface area contributed by atoms with Crippen molar-refractivity contribution < 1.29 is 4.79 Å². The van der Waals surface area contributed by atoms with Crippen LogP contribution in [0.25, 0.3) is 0 Å². The van der Waals surface area contributed by atoms with Gasteiger partial charge in [-0.25, -0.2) is 0 Å². The first kappa shape index (κ1) is 17.4. The van der Waals surface area contributed by atoms with Crippen LogP contribution < -0.4 is 0 Å². The van der Waals surface area contributed by atoms with Crippen LogP contribution in [0.1, 0.15) is 31.4 Å². The highest BCUT2D eigenvalue weighted by Gasteiger charge is 2.34. The largest absolute Gasteiger partial charge is 0.342 e. The first-order valence-corrected chi connectivity index (χ1v) is 9.30. The summed E-state index contributed by atoms with van der Waals surface area (Å²) >= 11 is 0. The Morgan fingerprint density at radius 3 is 2.75 bits per heavy atom. The minimum absolute atomic E-state index is 0.220. The fraction of sp³-hybridized carbons (Fsp3) is 0.650. The molecule has 0 aromatic heterocycles. The molecule has 1 aromatic rings. The van der Waals surface area contributed by atoms with Gasteiger partial charge in [0.05, 0.1) is 0 Å². The maximum absolute atomic E-state index is 11.6. The van der Waals surface area contributed by atoms with E-state index in [1.165, 1.54) is 17.7 Å². The van der Waals surface area contributed by atoms with E-state index >= 15 is 0 Å². The van der Waals surface area contributed by atoms with E-state index in [1.807, 2.05) is 4.90 Å². The number of carbonyl (C=O) groups excluding carboxylic acids is 1. The molecule has 0 spiro atoms. The third-order valence-electron chi connectivity index (χ3n) is 5.58. The summed E-state index contributed by atoms with van der Waals surface area (Å²) < 4.78 is 0. The Hall–Kier alpha value is -1.39. The molecule has 0 aliphatic carbocycles. The number of nitrogens with zero attached hydrogens (tertiary/aromatic N) is 3. The van der Waals surface area contributed by atoms with Crippen molar-refractivity contribution in [1.82, 2.24) is 14.7 Å². The minimum atomic E-state index is 0.220. The molecule has 132 valence electrons. The summed E-state index contributed by atoms with van der Waals surface area (Å²) in [5.74, 6) is 0.913. The van der Waals surface area contributed by atoms with Crippen LogP contribution in [-0.2, 0) is 11.3 Å². The van der Waals surface area contributed by atoms with Crippen molar-refractivity contribution in [1.29, 1.82) is 0 Å². The second-order valence-electron chi connectivity index (χ2n) is 7.62. The van der Waals surface area contributed by atoms with E-state index in [-0.39, 0.29) is 5.91 Å². The zero-order chi connectivity index (χ0) is 17.1. The van der Waals surface area contributed by atoms with Gasteiger partial charge in [0, 0.05) is 58.8 Å². The van der Waals surface area contributed by atoms with E-state index < -0.39 is 0 Å². The molecule has 0 radical (unpaired) electrons. The number of rotatable bonds is 3. The number of carbonyl (C=O) groups is 1. The topological polar surface area (TPSA) is 26.8 Å². The first-order valence-electron chi connectivity index (χ1n) is 9.30. The monoisotopic (exact) mass is 329 g/mol. The van der Waals surface area contributed by atoms with E-state index in [4.69, 9.17) is 0 Å². The van der Waals surface area contributed by atoms with Crippen molar-refractivity contribution in [2.75, 3.05) is 39.3 Å².